The van der Waals surface area contributed by atoms with Gasteiger partial charge in [-0.1, -0.05) is 0 Å². The molecule has 7 nitrogen and oxygen atoms in total. The molecule has 1 aliphatic heterocycles. The molecule has 0 unspecified atom stereocenters. The highest BCUT2D eigenvalue weighted by Gasteiger charge is 2.40. The van der Waals surface area contributed by atoms with Crippen LogP contribution in [0.5, 0.6) is 0 Å². The highest BCUT2D eigenvalue weighted by molar-refractivity contribution is 7.17. The van der Waals surface area contributed by atoms with Crippen LogP contribution in [-0.4, -0.2) is 35.5 Å². The van der Waals surface area contributed by atoms with Crippen molar-refractivity contribution in [1.82, 2.24) is 14.7 Å². The minimum absolute atomic E-state index is 0.382. The summed E-state index contributed by atoms with van der Waals surface area (Å²) < 4.78 is 12.0. The number of hydrogen-bond donors (Lipinski definition) is 1. The summed E-state index contributed by atoms with van der Waals surface area (Å²) in [5.74, 6) is -1.61. The molecule has 0 bridgehead atoms. The standard InChI is InChI=1S/C18H21N3O4S/c1-8-7-21-15(11(4)20-18(21)26-8)14-12(16(22)24-5)9(2)19-10(3)13(14)17(23)25-6/h7,14,19H,1-6H3. The topological polar surface area (TPSA) is 81.9 Å². The van der Waals surface area contributed by atoms with Gasteiger partial charge in [-0.05, 0) is 27.7 Å². The van der Waals surface area contributed by atoms with E-state index < -0.39 is 17.9 Å². The van der Waals surface area contributed by atoms with E-state index in [1.165, 1.54) is 14.2 Å². The van der Waals surface area contributed by atoms with Crippen molar-refractivity contribution in [3.63, 3.8) is 0 Å². The molecule has 138 valence electrons. The third-order valence-electron chi connectivity index (χ3n) is 4.51. The molecule has 0 radical (unpaired) electrons. The Morgan fingerprint density at radius 1 is 1.08 bits per heavy atom. The minimum Gasteiger partial charge on any atom is -0.466 e. The van der Waals surface area contributed by atoms with E-state index in [0.717, 1.165) is 21.2 Å². The molecule has 0 aliphatic carbocycles. The van der Waals surface area contributed by atoms with E-state index in [0.29, 0.717) is 22.5 Å². The van der Waals surface area contributed by atoms with Crippen molar-refractivity contribution in [2.75, 3.05) is 14.2 Å². The van der Waals surface area contributed by atoms with Crippen LogP contribution in [0.25, 0.3) is 4.96 Å². The van der Waals surface area contributed by atoms with Gasteiger partial charge in [-0.15, -0.1) is 11.3 Å². The van der Waals surface area contributed by atoms with Crippen molar-refractivity contribution >= 4 is 28.2 Å². The Labute approximate surface area is 155 Å². The second-order valence-electron chi connectivity index (χ2n) is 6.20. The average molecular weight is 375 g/mol. The van der Waals surface area contributed by atoms with E-state index in [4.69, 9.17) is 9.47 Å². The van der Waals surface area contributed by atoms with Gasteiger partial charge >= 0.3 is 11.9 Å². The lowest BCUT2D eigenvalue weighted by Gasteiger charge is -2.29. The predicted octanol–water partition coefficient (Wildman–Crippen LogP) is 2.59. The Balaban J connectivity index is 2.34. The molecule has 8 heteroatoms. The van der Waals surface area contributed by atoms with E-state index in [2.05, 4.69) is 10.3 Å². The SMILES string of the molecule is COC(=O)C1=C(C)NC(C)=C(C(=O)OC)C1c1c(C)nc2sc(C)cn12. The van der Waals surface area contributed by atoms with E-state index in [9.17, 15) is 9.59 Å². The minimum atomic E-state index is -0.625. The first-order chi connectivity index (χ1) is 12.3. The van der Waals surface area contributed by atoms with Gasteiger partial charge in [-0.2, -0.15) is 0 Å². The number of hydrogen-bond acceptors (Lipinski definition) is 7. The number of dihydropyridines is 1. The lowest BCUT2D eigenvalue weighted by atomic mass is 9.82. The van der Waals surface area contributed by atoms with Crippen LogP contribution in [0.3, 0.4) is 0 Å². The molecule has 0 amide bonds. The first-order valence-corrected chi connectivity index (χ1v) is 8.92. The van der Waals surface area contributed by atoms with Gasteiger partial charge in [0.25, 0.3) is 0 Å². The number of aryl methyl sites for hydroxylation is 2. The van der Waals surface area contributed by atoms with Crippen molar-refractivity contribution in [1.29, 1.82) is 0 Å². The van der Waals surface area contributed by atoms with Gasteiger partial charge in [0.1, 0.15) is 0 Å². The van der Waals surface area contributed by atoms with Gasteiger partial charge < -0.3 is 14.8 Å². The molecule has 2 aromatic rings. The first-order valence-electron chi connectivity index (χ1n) is 8.10. The second-order valence-corrected chi connectivity index (χ2v) is 7.41. The molecule has 0 atom stereocenters. The zero-order valence-electron chi connectivity index (χ0n) is 15.6. The van der Waals surface area contributed by atoms with Crippen LogP contribution >= 0.6 is 11.3 Å². The van der Waals surface area contributed by atoms with E-state index >= 15 is 0 Å². The summed E-state index contributed by atoms with van der Waals surface area (Å²) in [5, 5.41) is 3.11. The molecular weight excluding hydrogens is 354 g/mol. The highest BCUT2D eigenvalue weighted by atomic mass is 32.1. The maximum atomic E-state index is 12.6. The number of fused-ring (bicyclic) bond motifs is 1. The van der Waals surface area contributed by atoms with Crippen LogP contribution in [0.2, 0.25) is 0 Å². The van der Waals surface area contributed by atoms with Crippen molar-refractivity contribution in [3.8, 4) is 0 Å². The molecule has 0 spiro atoms. The molecule has 0 saturated carbocycles. The lowest BCUT2D eigenvalue weighted by Crippen LogP contribution is -2.32. The summed E-state index contributed by atoms with van der Waals surface area (Å²) in [4.78, 5) is 31.7. The van der Waals surface area contributed by atoms with Gasteiger partial charge in [-0.3, -0.25) is 4.40 Å². The van der Waals surface area contributed by atoms with Gasteiger partial charge in [0.2, 0.25) is 0 Å². The molecule has 3 rings (SSSR count). The Hall–Kier alpha value is -2.61. The quantitative estimate of drug-likeness (QED) is 0.831. The number of carbonyl (C=O) groups excluding carboxylic acids is 2. The Morgan fingerprint density at radius 2 is 1.62 bits per heavy atom. The maximum absolute atomic E-state index is 12.6. The molecule has 0 aromatic carbocycles. The van der Waals surface area contributed by atoms with Crippen LogP contribution < -0.4 is 5.32 Å². The number of ether oxygens (including phenoxy) is 2. The van der Waals surface area contributed by atoms with E-state index in [1.807, 2.05) is 24.4 Å². The Kier molecular flexibility index (Phi) is 4.62. The summed E-state index contributed by atoms with van der Waals surface area (Å²) in [5.41, 5.74) is 3.58. The van der Waals surface area contributed by atoms with Crippen LogP contribution in [0.1, 0.15) is 36.0 Å². The zero-order chi connectivity index (χ0) is 19.2. The molecular formula is C18H21N3O4S. The number of carbonyl (C=O) groups is 2. The number of allylic oxidation sites excluding steroid dienone is 2. The molecule has 2 aromatic heterocycles. The molecule has 0 saturated heterocycles. The molecule has 26 heavy (non-hydrogen) atoms. The van der Waals surface area contributed by atoms with Gasteiger partial charge in [0.15, 0.2) is 4.96 Å². The predicted molar refractivity (Wildman–Crippen MR) is 97.9 cm³/mol. The molecule has 3 heterocycles. The third-order valence-corrected chi connectivity index (χ3v) is 5.41. The van der Waals surface area contributed by atoms with Crippen molar-refractivity contribution < 1.29 is 19.1 Å². The fraction of sp³-hybridized carbons (Fsp3) is 0.389. The Morgan fingerprint density at radius 3 is 2.12 bits per heavy atom. The fourth-order valence-electron chi connectivity index (χ4n) is 3.46. The van der Waals surface area contributed by atoms with Crippen LogP contribution in [-0.2, 0) is 19.1 Å². The maximum Gasteiger partial charge on any atom is 0.336 e. The van der Waals surface area contributed by atoms with Crippen molar-refractivity contribution in [2.24, 2.45) is 0 Å². The second kappa shape index (κ2) is 6.60. The zero-order valence-corrected chi connectivity index (χ0v) is 16.4. The van der Waals surface area contributed by atoms with Crippen molar-refractivity contribution in [3.05, 3.63) is 45.0 Å². The normalized spacial score (nSPS) is 15.5. The number of thiazole rings is 1. The highest BCUT2D eigenvalue weighted by Crippen LogP contribution is 2.41. The number of imidazole rings is 1. The van der Waals surface area contributed by atoms with Crippen LogP contribution in [0.15, 0.2) is 28.7 Å². The van der Waals surface area contributed by atoms with Crippen molar-refractivity contribution in [2.45, 2.75) is 33.6 Å². The molecule has 0 fully saturated rings. The smallest absolute Gasteiger partial charge is 0.336 e. The number of nitrogens with one attached hydrogen (secondary N) is 1. The molecule has 1 aliphatic rings. The largest absolute Gasteiger partial charge is 0.466 e. The summed E-state index contributed by atoms with van der Waals surface area (Å²) in [6, 6.07) is 0. The summed E-state index contributed by atoms with van der Waals surface area (Å²) in [7, 11) is 2.66. The summed E-state index contributed by atoms with van der Waals surface area (Å²) in [6.45, 7) is 7.46. The number of rotatable bonds is 3. The van der Waals surface area contributed by atoms with E-state index in [-0.39, 0.29) is 0 Å². The van der Waals surface area contributed by atoms with E-state index in [1.54, 1.807) is 25.2 Å². The fourth-order valence-corrected chi connectivity index (χ4v) is 4.34. The first kappa shape index (κ1) is 18.2. The monoisotopic (exact) mass is 375 g/mol. The number of nitrogens with zero attached hydrogens (tertiary/aromatic N) is 2. The number of esters is 2. The number of methoxy groups -OCH3 is 2. The van der Waals surface area contributed by atoms with Gasteiger partial charge in [0, 0.05) is 22.5 Å². The van der Waals surface area contributed by atoms with Crippen LogP contribution in [0.4, 0.5) is 0 Å². The number of aromatic nitrogens is 2. The average Bonchev–Trinajstić information content (AvgIpc) is 3.07. The molecule has 1 N–H and O–H groups in total. The van der Waals surface area contributed by atoms with Gasteiger partial charge in [0.05, 0.1) is 42.7 Å². The lowest BCUT2D eigenvalue weighted by molar-refractivity contribution is -0.137. The Bertz CT molecular complexity index is 942. The van der Waals surface area contributed by atoms with Crippen LogP contribution in [0, 0.1) is 13.8 Å². The summed E-state index contributed by atoms with van der Waals surface area (Å²) in [6.07, 6.45) is 1.96. The third kappa shape index (κ3) is 2.70. The summed E-state index contributed by atoms with van der Waals surface area (Å²) >= 11 is 1.56. The van der Waals surface area contributed by atoms with Gasteiger partial charge in [-0.25, -0.2) is 14.6 Å².